The van der Waals surface area contributed by atoms with Crippen molar-refractivity contribution in [1.82, 2.24) is 0 Å². The fraction of sp³-hybridized carbons (Fsp3) is 0.562. The van der Waals surface area contributed by atoms with Gasteiger partial charge in [-0.1, -0.05) is 18.2 Å². The minimum atomic E-state index is -1.81. The highest BCUT2D eigenvalue weighted by molar-refractivity contribution is 5.89. The Hall–Kier alpha value is -3.46. The molecule has 8 N–H and O–H groups in total. The Bertz CT molecular complexity index is 1390. The average Bonchev–Trinajstić information content (AvgIpc) is 3.55. The number of allylic oxidation sites excluding steroid dienone is 1. The van der Waals surface area contributed by atoms with Gasteiger partial charge in [0.05, 0.1) is 38.1 Å². The number of carbonyl (C=O) groups is 2. The van der Waals surface area contributed by atoms with Gasteiger partial charge in [0, 0.05) is 12.0 Å². The van der Waals surface area contributed by atoms with Crippen LogP contribution in [0, 0.1) is 11.8 Å². The first-order valence-electron chi connectivity index (χ1n) is 15.5. The van der Waals surface area contributed by atoms with E-state index in [0.717, 1.165) is 12.3 Å². The van der Waals surface area contributed by atoms with E-state index in [-0.39, 0.29) is 17.9 Å². The molecule has 0 aromatic heterocycles. The zero-order chi connectivity index (χ0) is 35.4. The third-order valence-electron chi connectivity index (χ3n) is 8.85. The SMILES string of the molecule is COC(=O)C1=CO[C@@H](O[C@H]2O[C@H](CO[C@H]3O[C@H](COC(=O)C=Cc4ccc(O)cc4)[C@@H](O)[C@H](O)[C@H]3O)[C@@H](O)[C@H](O)[C@H]2O)[C@H]2C(CO)=CC[C@H]12. The van der Waals surface area contributed by atoms with Crippen molar-refractivity contribution in [2.24, 2.45) is 11.8 Å². The quantitative estimate of drug-likeness (QED) is 0.0679. The van der Waals surface area contributed by atoms with E-state index in [1.54, 1.807) is 18.2 Å². The minimum Gasteiger partial charge on any atom is -0.508 e. The maximum Gasteiger partial charge on any atom is 0.337 e. The molecular weight excluding hydrogens is 656 g/mol. The maximum absolute atomic E-state index is 12.3. The van der Waals surface area contributed by atoms with Gasteiger partial charge in [-0.2, -0.15) is 0 Å². The molecule has 3 aliphatic heterocycles. The van der Waals surface area contributed by atoms with E-state index in [2.05, 4.69) is 0 Å². The van der Waals surface area contributed by atoms with Gasteiger partial charge in [0.15, 0.2) is 12.6 Å². The van der Waals surface area contributed by atoms with Crippen molar-refractivity contribution in [3.63, 3.8) is 0 Å². The summed E-state index contributed by atoms with van der Waals surface area (Å²) in [6.07, 6.45) is -12.0. The van der Waals surface area contributed by atoms with Crippen LogP contribution in [0.1, 0.15) is 12.0 Å². The summed E-state index contributed by atoms with van der Waals surface area (Å²) < 4.78 is 38.3. The average molecular weight is 697 g/mol. The molecule has 2 saturated heterocycles. The Morgan fingerprint density at radius 1 is 0.857 bits per heavy atom. The molecule has 270 valence electrons. The van der Waals surface area contributed by atoms with Gasteiger partial charge in [-0.15, -0.1) is 0 Å². The largest absolute Gasteiger partial charge is 0.508 e. The second-order valence-corrected chi connectivity index (χ2v) is 11.9. The first kappa shape index (κ1) is 36.8. The molecule has 0 spiro atoms. The second-order valence-electron chi connectivity index (χ2n) is 11.9. The van der Waals surface area contributed by atoms with Crippen molar-refractivity contribution >= 4 is 18.0 Å². The summed E-state index contributed by atoms with van der Waals surface area (Å²) in [6.45, 7) is -1.51. The van der Waals surface area contributed by atoms with Crippen LogP contribution in [0.3, 0.4) is 0 Å². The molecule has 1 aliphatic carbocycles. The molecule has 4 aliphatic rings. The summed E-state index contributed by atoms with van der Waals surface area (Å²) in [5, 5.41) is 82.6. The van der Waals surface area contributed by atoms with Crippen LogP contribution >= 0.6 is 0 Å². The highest BCUT2D eigenvalue weighted by Gasteiger charge is 2.51. The van der Waals surface area contributed by atoms with Gasteiger partial charge in [-0.05, 0) is 35.8 Å². The van der Waals surface area contributed by atoms with Gasteiger partial charge in [-0.3, -0.25) is 0 Å². The molecule has 2 fully saturated rings. The Morgan fingerprint density at radius 2 is 1.49 bits per heavy atom. The predicted octanol–water partition coefficient (Wildman–Crippen LogP) is -2.43. The van der Waals surface area contributed by atoms with Crippen molar-refractivity contribution in [2.45, 2.75) is 74.1 Å². The first-order valence-corrected chi connectivity index (χ1v) is 15.5. The number of hydrogen-bond donors (Lipinski definition) is 8. The number of aromatic hydroxyl groups is 1. The van der Waals surface area contributed by atoms with Crippen LogP contribution in [0.25, 0.3) is 6.08 Å². The van der Waals surface area contributed by atoms with Crippen molar-refractivity contribution in [3.05, 3.63) is 59.4 Å². The smallest absolute Gasteiger partial charge is 0.337 e. The Balaban J connectivity index is 1.19. The number of phenols is 1. The van der Waals surface area contributed by atoms with Crippen LogP contribution in [0.15, 0.2) is 53.8 Å². The maximum atomic E-state index is 12.3. The number of fused-ring (bicyclic) bond motifs is 1. The van der Waals surface area contributed by atoms with Gasteiger partial charge in [0.25, 0.3) is 0 Å². The van der Waals surface area contributed by atoms with Gasteiger partial charge < -0.3 is 74.0 Å². The van der Waals surface area contributed by atoms with Crippen LogP contribution in [0.4, 0.5) is 0 Å². The fourth-order valence-corrected chi connectivity index (χ4v) is 6.06. The Labute approximate surface area is 279 Å². The summed E-state index contributed by atoms with van der Waals surface area (Å²) >= 11 is 0. The van der Waals surface area contributed by atoms with E-state index in [1.165, 1.54) is 25.3 Å². The summed E-state index contributed by atoms with van der Waals surface area (Å²) in [6, 6.07) is 5.98. The molecule has 0 amide bonds. The second kappa shape index (κ2) is 16.0. The summed E-state index contributed by atoms with van der Waals surface area (Å²) in [4.78, 5) is 24.5. The molecule has 49 heavy (non-hydrogen) atoms. The van der Waals surface area contributed by atoms with Crippen LogP contribution in [0.5, 0.6) is 5.75 Å². The van der Waals surface area contributed by atoms with E-state index < -0.39 is 105 Å². The molecule has 17 heteroatoms. The number of ether oxygens (including phenoxy) is 7. The van der Waals surface area contributed by atoms with Crippen LogP contribution in [0.2, 0.25) is 0 Å². The lowest BCUT2D eigenvalue weighted by Crippen LogP contribution is -2.62. The van der Waals surface area contributed by atoms with E-state index in [4.69, 9.17) is 33.2 Å². The number of benzene rings is 1. The molecule has 1 aromatic carbocycles. The number of aliphatic hydroxyl groups is 7. The number of esters is 2. The lowest BCUT2D eigenvalue weighted by molar-refractivity contribution is -0.352. The molecular formula is C32H40O17. The number of methoxy groups -OCH3 is 1. The van der Waals surface area contributed by atoms with E-state index in [1.807, 2.05) is 0 Å². The molecule has 0 saturated carbocycles. The van der Waals surface area contributed by atoms with E-state index in [9.17, 15) is 50.4 Å². The van der Waals surface area contributed by atoms with Gasteiger partial charge in [-0.25, -0.2) is 9.59 Å². The summed E-state index contributed by atoms with van der Waals surface area (Å²) in [7, 11) is 1.22. The van der Waals surface area contributed by atoms with Crippen molar-refractivity contribution in [1.29, 1.82) is 0 Å². The third kappa shape index (κ3) is 8.13. The van der Waals surface area contributed by atoms with E-state index >= 15 is 0 Å². The summed E-state index contributed by atoms with van der Waals surface area (Å²) in [5.41, 5.74) is 1.32. The molecule has 0 unspecified atom stereocenters. The van der Waals surface area contributed by atoms with Crippen molar-refractivity contribution in [3.8, 4) is 5.75 Å². The number of aliphatic hydroxyl groups excluding tert-OH is 7. The lowest BCUT2D eigenvalue weighted by atomic mass is 9.83. The van der Waals surface area contributed by atoms with Crippen LogP contribution in [-0.2, 0) is 42.7 Å². The predicted molar refractivity (Wildman–Crippen MR) is 160 cm³/mol. The standard InChI is InChI=1S/C32H40O17/c1-43-29(42)18-11-45-30(22-15(10-33)5-8-17(18)22)49-32-28(41)26(39)24(37)20(48-32)13-46-31-27(40)25(38)23(36)19(47-31)12-44-21(35)9-4-14-2-6-16(34)7-3-14/h2-7,9,11,17,19-20,22-28,30-34,36-41H,8,10,12-13H2,1H3/t17-,19-,20-,22+,23-,24-,25+,26+,27-,28-,30+,31+,32-/m1/s1. The Morgan fingerprint density at radius 3 is 2.14 bits per heavy atom. The number of rotatable bonds is 11. The topological polar surface area (TPSA) is 261 Å². The fourth-order valence-electron chi connectivity index (χ4n) is 6.06. The molecule has 3 heterocycles. The highest BCUT2D eigenvalue weighted by atomic mass is 16.8. The van der Waals surface area contributed by atoms with E-state index in [0.29, 0.717) is 17.6 Å². The normalized spacial score (nSPS) is 37.5. The lowest BCUT2D eigenvalue weighted by Gasteiger charge is -2.44. The Kier molecular flexibility index (Phi) is 12.1. The van der Waals surface area contributed by atoms with Gasteiger partial charge in [0.1, 0.15) is 61.2 Å². The minimum absolute atomic E-state index is 0.0487. The highest BCUT2D eigenvalue weighted by Crippen LogP contribution is 2.44. The molecule has 0 radical (unpaired) electrons. The summed E-state index contributed by atoms with van der Waals surface area (Å²) in [5.74, 6) is -2.54. The number of phenolic OH excluding ortho intramolecular Hbond substituents is 1. The van der Waals surface area contributed by atoms with Crippen LogP contribution < -0.4 is 0 Å². The third-order valence-corrected chi connectivity index (χ3v) is 8.85. The van der Waals surface area contributed by atoms with Crippen molar-refractivity contribution in [2.75, 3.05) is 26.9 Å². The first-order chi connectivity index (χ1) is 23.4. The zero-order valence-electron chi connectivity index (χ0n) is 26.2. The molecule has 13 atom stereocenters. The molecule has 17 nitrogen and oxygen atoms in total. The monoisotopic (exact) mass is 696 g/mol. The number of carbonyl (C=O) groups excluding carboxylic acids is 2. The molecule has 1 aromatic rings. The van der Waals surface area contributed by atoms with Gasteiger partial charge >= 0.3 is 11.9 Å². The van der Waals surface area contributed by atoms with Crippen LogP contribution in [-0.4, -0.2) is 147 Å². The number of hydrogen-bond acceptors (Lipinski definition) is 17. The molecule has 5 rings (SSSR count). The van der Waals surface area contributed by atoms with Crippen molar-refractivity contribution < 1.29 is 83.6 Å². The van der Waals surface area contributed by atoms with Gasteiger partial charge in [0.2, 0.25) is 6.29 Å². The molecule has 0 bridgehead atoms. The zero-order valence-corrected chi connectivity index (χ0v) is 26.2.